The summed E-state index contributed by atoms with van der Waals surface area (Å²) in [6, 6.07) is 4.90. The smallest absolute Gasteiger partial charge is 0.269 e. The Morgan fingerprint density at radius 1 is 1.24 bits per heavy atom. The monoisotopic (exact) mass is 308 g/mol. The quantitative estimate of drug-likeness (QED) is 0.852. The Bertz CT molecular complexity index is 748. The van der Waals surface area contributed by atoms with Crippen LogP contribution in [0.1, 0.15) is 30.9 Å². The highest BCUT2D eigenvalue weighted by atomic mass is 32.2. The summed E-state index contributed by atoms with van der Waals surface area (Å²) in [5, 5.41) is 0. The van der Waals surface area contributed by atoms with E-state index in [1.54, 1.807) is 31.3 Å². The lowest BCUT2D eigenvalue weighted by atomic mass is 10.2. The van der Waals surface area contributed by atoms with Crippen LogP contribution >= 0.6 is 0 Å². The molecule has 21 heavy (non-hydrogen) atoms. The zero-order chi connectivity index (χ0) is 15.6. The lowest BCUT2D eigenvalue weighted by molar-refractivity contribution is 0.337. The molecule has 0 aliphatic carbocycles. The highest BCUT2D eigenvalue weighted by molar-refractivity contribution is 7.90. The summed E-state index contributed by atoms with van der Waals surface area (Å²) in [4.78, 5) is 4.50. The third kappa shape index (κ3) is 2.95. The van der Waals surface area contributed by atoms with Crippen LogP contribution in [0.15, 0.2) is 29.3 Å². The Balaban J connectivity index is 2.51. The first-order valence-electron chi connectivity index (χ1n) is 6.94. The number of rotatable bonds is 5. The Kier molecular flexibility index (Phi) is 4.37. The molecule has 0 N–H and O–H groups in total. The number of nitrogens with zero attached hydrogens (tertiary/aromatic N) is 2. The third-order valence-corrected chi connectivity index (χ3v) is 4.87. The van der Waals surface area contributed by atoms with E-state index in [1.165, 1.54) is 3.97 Å². The molecule has 2 aromatic rings. The molecule has 0 bridgehead atoms. The SMILES string of the molecule is CCOc1ccc(S(=O)(=O)n2cc(C)nc2CC)cc1C. The molecular formula is C15H20N2O3S. The van der Waals surface area contributed by atoms with Gasteiger partial charge < -0.3 is 4.74 Å². The molecule has 1 heterocycles. The number of hydrogen-bond donors (Lipinski definition) is 0. The highest BCUT2D eigenvalue weighted by Gasteiger charge is 2.21. The summed E-state index contributed by atoms with van der Waals surface area (Å²) < 4.78 is 32.2. The number of benzene rings is 1. The molecule has 114 valence electrons. The lowest BCUT2D eigenvalue weighted by Crippen LogP contribution is -2.15. The molecule has 1 aromatic carbocycles. The van der Waals surface area contributed by atoms with Crippen molar-refractivity contribution in [1.82, 2.24) is 8.96 Å². The molecule has 0 atom stereocenters. The van der Waals surface area contributed by atoms with Gasteiger partial charge in [0.15, 0.2) is 0 Å². The van der Waals surface area contributed by atoms with Crippen molar-refractivity contribution < 1.29 is 13.2 Å². The molecule has 0 aliphatic heterocycles. The van der Waals surface area contributed by atoms with Gasteiger partial charge in [-0.15, -0.1) is 0 Å². The molecule has 0 saturated carbocycles. The zero-order valence-electron chi connectivity index (χ0n) is 12.8. The van der Waals surface area contributed by atoms with Crippen molar-refractivity contribution in [3.8, 4) is 5.75 Å². The van der Waals surface area contributed by atoms with Gasteiger partial charge >= 0.3 is 0 Å². The van der Waals surface area contributed by atoms with Crippen molar-refractivity contribution in [3.63, 3.8) is 0 Å². The average Bonchev–Trinajstić information content (AvgIpc) is 2.83. The minimum atomic E-state index is -3.62. The van der Waals surface area contributed by atoms with Crippen LogP contribution in [0.4, 0.5) is 0 Å². The molecule has 2 rings (SSSR count). The van der Waals surface area contributed by atoms with E-state index < -0.39 is 10.0 Å². The molecule has 6 heteroatoms. The number of imidazole rings is 1. The minimum Gasteiger partial charge on any atom is -0.494 e. The Morgan fingerprint density at radius 3 is 2.52 bits per heavy atom. The first-order chi connectivity index (χ1) is 9.90. The van der Waals surface area contributed by atoms with Crippen LogP contribution in [0, 0.1) is 13.8 Å². The molecule has 0 saturated heterocycles. The maximum atomic E-state index is 12.7. The van der Waals surface area contributed by atoms with Crippen molar-refractivity contribution >= 4 is 10.0 Å². The predicted molar refractivity (Wildman–Crippen MR) is 81.3 cm³/mol. The Labute approximate surface area is 125 Å². The molecule has 0 spiro atoms. The first-order valence-corrected chi connectivity index (χ1v) is 8.38. The van der Waals surface area contributed by atoms with Crippen LogP contribution in [-0.4, -0.2) is 24.0 Å². The number of aromatic nitrogens is 2. The van der Waals surface area contributed by atoms with Gasteiger partial charge in [-0.2, -0.15) is 0 Å². The average molecular weight is 308 g/mol. The minimum absolute atomic E-state index is 0.246. The second kappa shape index (κ2) is 5.89. The van der Waals surface area contributed by atoms with E-state index in [0.29, 0.717) is 30.3 Å². The van der Waals surface area contributed by atoms with Gasteiger partial charge in [0.2, 0.25) is 0 Å². The molecular weight excluding hydrogens is 288 g/mol. The fraction of sp³-hybridized carbons (Fsp3) is 0.400. The fourth-order valence-electron chi connectivity index (χ4n) is 2.18. The predicted octanol–water partition coefficient (Wildman–Crippen LogP) is 2.70. The van der Waals surface area contributed by atoms with Crippen LogP contribution in [-0.2, 0) is 16.4 Å². The summed E-state index contributed by atoms with van der Waals surface area (Å²) in [5.41, 5.74) is 1.49. The van der Waals surface area contributed by atoms with E-state index in [2.05, 4.69) is 4.98 Å². The van der Waals surface area contributed by atoms with Gasteiger partial charge in [0.05, 0.1) is 17.2 Å². The summed E-state index contributed by atoms with van der Waals surface area (Å²) >= 11 is 0. The van der Waals surface area contributed by atoms with E-state index in [-0.39, 0.29) is 4.90 Å². The first kappa shape index (κ1) is 15.6. The molecule has 0 amide bonds. The maximum Gasteiger partial charge on any atom is 0.269 e. The molecule has 5 nitrogen and oxygen atoms in total. The van der Waals surface area contributed by atoms with Crippen LogP contribution in [0.5, 0.6) is 5.75 Å². The topological polar surface area (TPSA) is 61.2 Å². The summed E-state index contributed by atoms with van der Waals surface area (Å²) in [7, 11) is -3.62. The molecule has 0 fully saturated rings. The van der Waals surface area contributed by atoms with Gasteiger partial charge in [-0.05, 0) is 44.5 Å². The normalized spacial score (nSPS) is 11.6. The summed E-state index contributed by atoms with van der Waals surface area (Å²) in [6.45, 7) is 7.95. The van der Waals surface area contributed by atoms with Gasteiger partial charge in [0.25, 0.3) is 10.0 Å². The summed E-state index contributed by atoms with van der Waals surface area (Å²) in [6.07, 6.45) is 2.11. The number of hydrogen-bond acceptors (Lipinski definition) is 4. The van der Waals surface area contributed by atoms with Gasteiger partial charge in [0.1, 0.15) is 11.6 Å². The zero-order valence-corrected chi connectivity index (χ0v) is 13.6. The van der Waals surface area contributed by atoms with Crippen molar-refractivity contribution in [2.75, 3.05) is 6.61 Å². The Hall–Kier alpha value is -1.82. The van der Waals surface area contributed by atoms with E-state index >= 15 is 0 Å². The van der Waals surface area contributed by atoms with Crippen LogP contribution in [0.3, 0.4) is 0 Å². The molecule has 0 radical (unpaired) electrons. The third-order valence-electron chi connectivity index (χ3n) is 3.18. The van der Waals surface area contributed by atoms with E-state index in [4.69, 9.17) is 4.74 Å². The van der Waals surface area contributed by atoms with Gasteiger partial charge in [-0.3, -0.25) is 0 Å². The van der Waals surface area contributed by atoms with Crippen molar-refractivity contribution in [2.45, 2.75) is 39.0 Å². The van der Waals surface area contributed by atoms with Gasteiger partial charge in [-0.1, -0.05) is 6.92 Å². The van der Waals surface area contributed by atoms with Crippen molar-refractivity contribution in [3.05, 3.63) is 41.5 Å². The molecule has 0 aliphatic rings. The summed E-state index contributed by atoms with van der Waals surface area (Å²) in [5.74, 6) is 1.24. The lowest BCUT2D eigenvalue weighted by Gasteiger charge is -2.11. The highest BCUT2D eigenvalue weighted by Crippen LogP contribution is 2.24. The number of aryl methyl sites for hydroxylation is 3. The number of ether oxygens (including phenoxy) is 1. The van der Waals surface area contributed by atoms with E-state index in [9.17, 15) is 8.42 Å². The van der Waals surface area contributed by atoms with E-state index in [0.717, 1.165) is 5.56 Å². The van der Waals surface area contributed by atoms with Crippen molar-refractivity contribution in [1.29, 1.82) is 0 Å². The largest absolute Gasteiger partial charge is 0.494 e. The molecule has 1 aromatic heterocycles. The van der Waals surface area contributed by atoms with Crippen molar-refractivity contribution in [2.24, 2.45) is 0 Å². The standard InChI is InChI=1S/C15H20N2O3S/c1-5-15-16-12(4)10-17(15)21(18,19)13-7-8-14(20-6-2)11(3)9-13/h7-10H,5-6H2,1-4H3. The van der Waals surface area contributed by atoms with Gasteiger partial charge in [0, 0.05) is 12.6 Å². The Morgan fingerprint density at radius 2 is 1.95 bits per heavy atom. The van der Waals surface area contributed by atoms with E-state index in [1.807, 2.05) is 20.8 Å². The second-order valence-electron chi connectivity index (χ2n) is 4.81. The fourth-order valence-corrected chi connectivity index (χ4v) is 3.71. The van der Waals surface area contributed by atoms with Crippen LogP contribution < -0.4 is 4.74 Å². The maximum absolute atomic E-state index is 12.7. The second-order valence-corrected chi connectivity index (χ2v) is 6.63. The molecule has 0 unspecified atom stereocenters. The van der Waals surface area contributed by atoms with Crippen LogP contribution in [0.2, 0.25) is 0 Å². The van der Waals surface area contributed by atoms with Gasteiger partial charge in [-0.25, -0.2) is 17.4 Å². The van der Waals surface area contributed by atoms with Crippen LogP contribution in [0.25, 0.3) is 0 Å².